The van der Waals surface area contributed by atoms with Gasteiger partial charge in [-0.2, -0.15) is 23.5 Å². The summed E-state index contributed by atoms with van der Waals surface area (Å²) < 4.78 is 40.4. The van der Waals surface area contributed by atoms with E-state index in [0.29, 0.717) is 0 Å². The minimum absolute atomic E-state index is 0.0521. The lowest BCUT2D eigenvalue weighted by Gasteiger charge is -2.20. The number of carbonyl (C=O) groups is 1. The van der Waals surface area contributed by atoms with Crippen molar-refractivity contribution in [1.82, 2.24) is 14.7 Å². The summed E-state index contributed by atoms with van der Waals surface area (Å²) in [5, 5.41) is 13.2. The van der Waals surface area contributed by atoms with Crippen LogP contribution in [0.15, 0.2) is 65.5 Å². The summed E-state index contributed by atoms with van der Waals surface area (Å²) in [5.41, 5.74) is -0.979. The molecule has 0 N–H and O–H groups in total. The number of halogens is 3. The van der Waals surface area contributed by atoms with Gasteiger partial charge in [-0.25, -0.2) is 4.68 Å². The van der Waals surface area contributed by atoms with Gasteiger partial charge in [-0.05, 0) is 30.7 Å². The minimum atomic E-state index is -4.55. The molecule has 0 aliphatic heterocycles. The van der Waals surface area contributed by atoms with Gasteiger partial charge in [-0.1, -0.05) is 36.4 Å². The average molecular weight is 426 g/mol. The Balaban J connectivity index is 2.03. The van der Waals surface area contributed by atoms with Crippen LogP contribution < -0.4 is 5.43 Å². The Hall–Kier alpha value is -3.93. The predicted octanol–water partition coefficient (Wildman–Crippen LogP) is 3.73. The highest BCUT2D eigenvalue weighted by atomic mass is 19.4. The molecule has 0 fully saturated rings. The Morgan fingerprint density at radius 2 is 1.84 bits per heavy atom. The maximum absolute atomic E-state index is 13.1. The van der Waals surface area contributed by atoms with Gasteiger partial charge >= 0.3 is 6.18 Å². The summed E-state index contributed by atoms with van der Waals surface area (Å²) in [4.78, 5) is 26.6. The van der Waals surface area contributed by atoms with Crippen LogP contribution >= 0.6 is 0 Å². The molecule has 3 rings (SSSR count). The summed E-state index contributed by atoms with van der Waals surface area (Å²) in [6.07, 6.45) is -4.55. The zero-order valence-corrected chi connectivity index (χ0v) is 16.4. The first-order chi connectivity index (χ1) is 14.7. The molecule has 3 aromatic rings. The second-order valence-corrected chi connectivity index (χ2v) is 6.76. The van der Waals surface area contributed by atoms with Gasteiger partial charge in [-0.15, -0.1) is 0 Å². The van der Waals surface area contributed by atoms with E-state index in [1.165, 1.54) is 19.1 Å². The number of rotatable bonds is 5. The van der Waals surface area contributed by atoms with Gasteiger partial charge in [0, 0.05) is 18.3 Å². The molecule has 0 atom stereocenters. The molecule has 2 aromatic carbocycles. The zero-order valence-electron chi connectivity index (χ0n) is 16.4. The van der Waals surface area contributed by atoms with Crippen LogP contribution in [0.4, 0.5) is 13.2 Å². The van der Waals surface area contributed by atoms with Gasteiger partial charge in [0.1, 0.15) is 6.54 Å². The van der Waals surface area contributed by atoms with Crippen LogP contribution in [0.1, 0.15) is 27.3 Å². The van der Waals surface area contributed by atoms with Crippen LogP contribution in [0, 0.1) is 18.3 Å². The van der Waals surface area contributed by atoms with Crippen LogP contribution in [0.3, 0.4) is 0 Å². The van der Waals surface area contributed by atoms with Crippen LogP contribution in [0.2, 0.25) is 0 Å². The second kappa shape index (κ2) is 8.83. The third kappa shape index (κ3) is 4.98. The molecule has 0 saturated carbocycles. The molecular weight excluding hydrogens is 409 g/mol. The molecule has 0 radical (unpaired) electrons. The number of hydrogen-bond acceptors (Lipinski definition) is 4. The summed E-state index contributed by atoms with van der Waals surface area (Å²) in [5.74, 6) is -0.781. The maximum Gasteiger partial charge on any atom is 0.416 e. The van der Waals surface area contributed by atoms with E-state index < -0.39 is 28.8 Å². The highest BCUT2D eigenvalue weighted by Crippen LogP contribution is 2.30. The number of hydrogen-bond donors (Lipinski definition) is 0. The number of nitrogens with zero attached hydrogens (tertiary/aromatic N) is 4. The third-order valence-corrected chi connectivity index (χ3v) is 4.49. The lowest BCUT2D eigenvalue weighted by Crippen LogP contribution is -2.36. The van der Waals surface area contributed by atoms with Crippen LogP contribution in [0.5, 0.6) is 0 Å². The first-order valence-corrected chi connectivity index (χ1v) is 9.19. The minimum Gasteiger partial charge on any atom is -0.319 e. The van der Waals surface area contributed by atoms with Gasteiger partial charge in [0.25, 0.3) is 5.91 Å². The zero-order chi connectivity index (χ0) is 22.6. The maximum atomic E-state index is 13.1. The Morgan fingerprint density at radius 1 is 1.13 bits per heavy atom. The Morgan fingerprint density at radius 3 is 2.48 bits per heavy atom. The number of carbonyl (C=O) groups excluding carboxylic acids is 1. The fourth-order valence-corrected chi connectivity index (χ4v) is 3.01. The first kappa shape index (κ1) is 21.8. The topological polar surface area (TPSA) is 79.0 Å². The van der Waals surface area contributed by atoms with E-state index in [-0.39, 0.29) is 24.5 Å². The van der Waals surface area contributed by atoms with E-state index in [1.807, 2.05) is 6.07 Å². The molecule has 0 unspecified atom stereocenters. The molecule has 6 nitrogen and oxygen atoms in total. The lowest BCUT2D eigenvalue weighted by molar-refractivity contribution is -0.137. The van der Waals surface area contributed by atoms with Gasteiger partial charge in [0.15, 0.2) is 5.69 Å². The SMILES string of the molecule is Cc1cc(=O)c(C(=O)N(CC#N)Cc2ccccc2)nn1-c1cccc(C(F)(F)F)c1. The first-order valence-electron chi connectivity index (χ1n) is 9.19. The summed E-state index contributed by atoms with van der Waals surface area (Å²) in [6.45, 7) is 1.29. The third-order valence-electron chi connectivity index (χ3n) is 4.49. The quantitative estimate of drug-likeness (QED) is 0.583. The lowest BCUT2D eigenvalue weighted by atomic mass is 10.2. The Bertz CT molecular complexity index is 1200. The van der Waals surface area contributed by atoms with Crippen molar-refractivity contribution >= 4 is 5.91 Å². The van der Waals surface area contributed by atoms with Crippen LogP contribution in [-0.4, -0.2) is 27.1 Å². The largest absolute Gasteiger partial charge is 0.416 e. The molecule has 1 heterocycles. The van der Waals surface area contributed by atoms with E-state index in [1.54, 1.807) is 30.3 Å². The second-order valence-electron chi connectivity index (χ2n) is 6.76. The van der Waals surface area contributed by atoms with Crippen molar-refractivity contribution in [2.24, 2.45) is 0 Å². The predicted molar refractivity (Wildman–Crippen MR) is 106 cm³/mol. The number of amides is 1. The van der Waals surface area contributed by atoms with E-state index >= 15 is 0 Å². The molecule has 0 aliphatic rings. The molecule has 9 heteroatoms. The highest BCUT2D eigenvalue weighted by molar-refractivity contribution is 5.92. The van der Waals surface area contributed by atoms with Gasteiger partial charge in [-0.3, -0.25) is 9.59 Å². The fourth-order valence-electron chi connectivity index (χ4n) is 3.01. The number of aryl methyl sites for hydroxylation is 1. The molecular formula is C22H17F3N4O2. The normalized spacial score (nSPS) is 11.1. The van der Waals surface area contributed by atoms with Crippen molar-refractivity contribution in [3.05, 3.63) is 93.4 Å². The number of nitriles is 1. The molecule has 0 bridgehead atoms. The van der Waals surface area contributed by atoms with E-state index in [0.717, 1.165) is 33.3 Å². The van der Waals surface area contributed by atoms with E-state index in [4.69, 9.17) is 5.26 Å². The Kier molecular flexibility index (Phi) is 6.20. The molecule has 0 aliphatic carbocycles. The number of benzene rings is 2. The fraction of sp³-hybridized carbons (Fsp3) is 0.182. The van der Waals surface area contributed by atoms with Crippen LogP contribution in [-0.2, 0) is 12.7 Å². The Labute approximate surface area is 175 Å². The number of alkyl halides is 3. The van der Waals surface area contributed by atoms with Gasteiger partial charge in [0.05, 0.1) is 17.3 Å². The average Bonchev–Trinajstić information content (AvgIpc) is 2.73. The van der Waals surface area contributed by atoms with Crippen molar-refractivity contribution in [2.75, 3.05) is 6.54 Å². The summed E-state index contributed by atoms with van der Waals surface area (Å²) in [7, 11) is 0. The van der Waals surface area contributed by atoms with Crippen molar-refractivity contribution < 1.29 is 18.0 Å². The van der Waals surface area contributed by atoms with Crippen molar-refractivity contribution in [3.8, 4) is 11.8 Å². The number of aromatic nitrogens is 2. The molecule has 0 spiro atoms. The van der Waals surface area contributed by atoms with Crippen molar-refractivity contribution in [2.45, 2.75) is 19.6 Å². The smallest absolute Gasteiger partial charge is 0.319 e. The van der Waals surface area contributed by atoms with Crippen molar-refractivity contribution in [3.63, 3.8) is 0 Å². The monoisotopic (exact) mass is 426 g/mol. The molecule has 31 heavy (non-hydrogen) atoms. The molecule has 0 saturated heterocycles. The highest BCUT2D eigenvalue weighted by Gasteiger charge is 2.31. The van der Waals surface area contributed by atoms with Crippen molar-refractivity contribution in [1.29, 1.82) is 5.26 Å². The van der Waals surface area contributed by atoms with E-state index in [9.17, 15) is 22.8 Å². The summed E-state index contributed by atoms with van der Waals surface area (Å²) >= 11 is 0. The molecule has 158 valence electrons. The summed E-state index contributed by atoms with van der Waals surface area (Å²) in [6, 6.07) is 16.3. The van der Waals surface area contributed by atoms with Crippen LogP contribution in [0.25, 0.3) is 5.69 Å². The van der Waals surface area contributed by atoms with Gasteiger partial charge < -0.3 is 4.90 Å². The van der Waals surface area contributed by atoms with E-state index in [2.05, 4.69) is 5.10 Å². The standard InChI is InChI=1S/C22H17F3N4O2/c1-15-12-19(30)20(21(31)28(11-10-26)14-16-6-3-2-4-7-16)27-29(15)18-9-5-8-17(13-18)22(23,24)25/h2-9,12-13H,11,14H2,1H3. The van der Waals surface area contributed by atoms with Gasteiger partial charge in [0.2, 0.25) is 5.43 Å². The molecule has 1 amide bonds. The molecule has 1 aromatic heterocycles.